The molecule has 0 spiro atoms. The monoisotopic (exact) mass is 821 g/mol. The number of fused-ring (bicyclic) bond motifs is 9. The average molecular weight is 821 g/mol. The second-order valence-corrected chi connectivity index (χ2v) is 24.4. The lowest BCUT2D eigenvalue weighted by atomic mass is 9.35. The van der Waals surface area contributed by atoms with Gasteiger partial charge in [0.1, 0.15) is 5.58 Å². The molecule has 4 aliphatic carbocycles. The molecular formula is C58H69BN2O. The molecule has 5 aromatic rings. The summed E-state index contributed by atoms with van der Waals surface area (Å²) < 4.78 is 7.58. The Balaban J connectivity index is 1.27. The van der Waals surface area contributed by atoms with Crippen LogP contribution in [0.2, 0.25) is 0 Å². The second kappa shape index (κ2) is 12.9. The van der Waals surface area contributed by atoms with Crippen molar-refractivity contribution in [2.45, 2.75) is 175 Å². The summed E-state index contributed by atoms with van der Waals surface area (Å²) in [4.78, 5) is 5.32. The number of aryl methyl sites for hydroxylation is 1. The first-order valence-corrected chi connectivity index (χ1v) is 24.1. The SMILES string of the molecule is CC1=CC(N2c3cc(C)cc4c3B(c3cc5c(cc3N4c3ccc4c(c3)C(C)(C)CCC4(C)C)C(C)(C)CCC5(C)C)c3oc4cc5c(cc4c32)C(C)(C)CCC5C)=CC(C)C1. The number of allylic oxidation sites excluding steroid dienone is 3. The van der Waals surface area contributed by atoms with E-state index in [2.05, 4.69) is 173 Å². The minimum absolute atomic E-state index is 0.0567. The molecule has 2 aliphatic heterocycles. The third kappa shape index (κ3) is 5.69. The molecule has 3 nitrogen and oxygen atoms in total. The van der Waals surface area contributed by atoms with Gasteiger partial charge in [-0.3, -0.25) is 0 Å². The summed E-state index contributed by atoms with van der Waals surface area (Å²) in [5, 5.41) is 1.25. The van der Waals surface area contributed by atoms with Gasteiger partial charge in [-0.2, -0.15) is 0 Å². The average Bonchev–Trinajstić information content (AvgIpc) is 3.56. The fourth-order valence-electron chi connectivity index (χ4n) is 13.2. The summed E-state index contributed by atoms with van der Waals surface area (Å²) in [5.41, 5.74) is 24.7. The van der Waals surface area contributed by atoms with E-state index >= 15 is 0 Å². The Bertz CT molecular complexity index is 2840. The van der Waals surface area contributed by atoms with Gasteiger partial charge < -0.3 is 14.2 Å². The van der Waals surface area contributed by atoms with Crippen molar-refractivity contribution in [3.63, 3.8) is 0 Å². The van der Waals surface area contributed by atoms with Crippen LogP contribution in [0.15, 0.2) is 82.4 Å². The molecule has 1 aromatic heterocycles. The van der Waals surface area contributed by atoms with Crippen LogP contribution in [0, 0.1) is 12.8 Å². The Hall–Kier alpha value is -4.44. The van der Waals surface area contributed by atoms with E-state index in [1.54, 1.807) is 0 Å². The first kappa shape index (κ1) is 40.3. The van der Waals surface area contributed by atoms with Crippen molar-refractivity contribution < 1.29 is 4.42 Å². The number of nitrogens with zero attached hydrogens (tertiary/aromatic N) is 2. The van der Waals surface area contributed by atoms with Crippen LogP contribution in [0.25, 0.3) is 11.0 Å². The summed E-state index contributed by atoms with van der Waals surface area (Å²) in [6, 6.07) is 22.8. The van der Waals surface area contributed by atoms with Crippen LogP contribution in [0.4, 0.5) is 28.4 Å². The number of benzene rings is 4. The molecule has 0 fully saturated rings. The highest BCUT2D eigenvalue weighted by Gasteiger charge is 2.50. The van der Waals surface area contributed by atoms with Gasteiger partial charge in [-0.15, -0.1) is 0 Å². The zero-order valence-electron chi connectivity index (χ0n) is 40.3. The van der Waals surface area contributed by atoms with E-state index in [-0.39, 0.29) is 33.8 Å². The van der Waals surface area contributed by atoms with Crippen LogP contribution in [0.5, 0.6) is 0 Å². The normalized spacial score (nSPS) is 24.3. The molecule has 0 saturated heterocycles. The first-order chi connectivity index (χ1) is 29.1. The fourth-order valence-corrected chi connectivity index (χ4v) is 13.2. The van der Waals surface area contributed by atoms with Crippen molar-refractivity contribution in [1.29, 1.82) is 0 Å². The van der Waals surface area contributed by atoms with Gasteiger partial charge in [0.25, 0.3) is 6.71 Å². The van der Waals surface area contributed by atoms with E-state index in [1.807, 2.05) is 0 Å². The Labute approximate surface area is 373 Å². The van der Waals surface area contributed by atoms with Crippen LogP contribution >= 0.6 is 0 Å². The summed E-state index contributed by atoms with van der Waals surface area (Å²) in [6.07, 6.45) is 13.2. The second-order valence-electron chi connectivity index (χ2n) is 24.4. The first-order valence-electron chi connectivity index (χ1n) is 24.1. The van der Waals surface area contributed by atoms with Gasteiger partial charge in [-0.1, -0.05) is 107 Å². The standard InChI is InChI=1S/C58H69BN2O/c1-33-23-34(2)25-38(24-33)61-49-27-35(3)26-48-51(49)59(53-52(61)40-29-42-39(30-50(40)62-53)36(4)17-18-54(42,5)6)46-31-44-45(58(13,14)22-21-57(44,11)12)32-47(46)60(48)37-15-16-41-43(28-37)56(9,10)20-19-55(41,7)8/h15-16,24-33,36H,17-23H2,1-14H3. The van der Waals surface area contributed by atoms with Crippen LogP contribution in [0.1, 0.15) is 180 Å². The van der Waals surface area contributed by atoms with Crippen molar-refractivity contribution in [1.82, 2.24) is 0 Å². The van der Waals surface area contributed by atoms with Crippen molar-refractivity contribution in [3.05, 3.63) is 117 Å². The van der Waals surface area contributed by atoms with E-state index in [0.29, 0.717) is 11.8 Å². The molecule has 0 bridgehead atoms. The van der Waals surface area contributed by atoms with Crippen molar-refractivity contribution >= 4 is 62.7 Å². The minimum Gasteiger partial charge on any atom is -0.468 e. The van der Waals surface area contributed by atoms with E-state index in [0.717, 1.165) is 17.7 Å². The maximum atomic E-state index is 7.58. The summed E-state index contributed by atoms with van der Waals surface area (Å²) in [6.45, 7) is 34.1. The van der Waals surface area contributed by atoms with Crippen LogP contribution in [0.3, 0.4) is 0 Å². The number of hydrogen-bond acceptors (Lipinski definition) is 3. The lowest BCUT2D eigenvalue weighted by molar-refractivity contribution is 0.332. The topological polar surface area (TPSA) is 19.6 Å². The van der Waals surface area contributed by atoms with E-state index in [4.69, 9.17) is 4.42 Å². The highest BCUT2D eigenvalue weighted by Crippen LogP contribution is 2.54. The van der Waals surface area contributed by atoms with Crippen LogP contribution < -0.4 is 26.4 Å². The Morgan fingerprint density at radius 3 is 1.87 bits per heavy atom. The highest BCUT2D eigenvalue weighted by molar-refractivity contribution is 7.00. The highest BCUT2D eigenvalue weighted by atomic mass is 16.3. The third-order valence-electron chi connectivity index (χ3n) is 17.3. The van der Waals surface area contributed by atoms with E-state index in [1.165, 1.54) is 133 Å². The lowest BCUT2D eigenvalue weighted by Gasteiger charge is -2.47. The third-order valence-corrected chi connectivity index (χ3v) is 17.3. The Morgan fingerprint density at radius 1 is 0.613 bits per heavy atom. The van der Waals surface area contributed by atoms with Gasteiger partial charge in [0, 0.05) is 33.8 Å². The van der Waals surface area contributed by atoms with Crippen LogP contribution in [-0.4, -0.2) is 6.71 Å². The van der Waals surface area contributed by atoms with Gasteiger partial charge in [-0.25, -0.2) is 0 Å². The molecule has 2 unspecified atom stereocenters. The summed E-state index contributed by atoms with van der Waals surface area (Å²) in [7, 11) is 0. The molecule has 2 atom stereocenters. The molecule has 6 aliphatic rings. The maximum Gasteiger partial charge on any atom is 0.297 e. The molecule has 4 aromatic carbocycles. The largest absolute Gasteiger partial charge is 0.468 e. The molecule has 0 N–H and O–H groups in total. The molecular weight excluding hydrogens is 751 g/mol. The maximum absolute atomic E-state index is 7.58. The molecule has 0 amide bonds. The fraction of sp³-hybridized carbons (Fsp3) is 0.483. The molecule has 11 rings (SSSR count). The van der Waals surface area contributed by atoms with Gasteiger partial charge in [-0.05, 0) is 196 Å². The number of rotatable bonds is 2. The van der Waals surface area contributed by atoms with Gasteiger partial charge >= 0.3 is 0 Å². The Kier molecular flexibility index (Phi) is 8.36. The predicted molar refractivity (Wildman–Crippen MR) is 266 cm³/mol. The number of furan rings is 1. The quantitative estimate of drug-likeness (QED) is 0.162. The summed E-state index contributed by atoms with van der Waals surface area (Å²) >= 11 is 0. The molecule has 0 saturated carbocycles. The molecule has 0 radical (unpaired) electrons. The summed E-state index contributed by atoms with van der Waals surface area (Å²) in [5.74, 6) is 0.952. The predicted octanol–water partition coefficient (Wildman–Crippen LogP) is 14.2. The van der Waals surface area contributed by atoms with Crippen molar-refractivity contribution in [3.8, 4) is 0 Å². The zero-order chi connectivity index (χ0) is 43.8. The minimum atomic E-state index is -0.0567. The molecule has 62 heavy (non-hydrogen) atoms. The van der Waals surface area contributed by atoms with Gasteiger partial charge in [0.2, 0.25) is 0 Å². The van der Waals surface area contributed by atoms with Crippen molar-refractivity contribution in [2.75, 3.05) is 9.80 Å². The number of hydrogen-bond donors (Lipinski definition) is 0. The van der Waals surface area contributed by atoms with Gasteiger partial charge in [0.15, 0.2) is 0 Å². The smallest absolute Gasteiger partial charge is 0.297 e. The van der Waals surface area contributed by atoms with E-state index in [9.17, 15) is 0 Å². The molecule has 3 heterocycles. The van der Waals surface area contributed by atoms with Gasteiger partial charge in [0.05, 0.1) is 11.3 Å². The van der Waals surface area contributed by atoms with E-state index < -0.39 is 0 Å². The van der Waals surface area contributed by atoms with Crippen LogP contribution in [-0.2, 0) is 27.1 Å². The van der Waals surface area contributed by atoms with Crippen molar-refractivity contribution in [2.24, 2.45) is 5.92 Å². The molecule has 4 heteroatoms. The number of anilines is 5. The zero-order valence-corrected chi connectivity index (χ0v) is 40.3. The molecule has 320 valence electrons. The Morgan fingerprint density at radius 2 is 1.21 bits per heavy atom. The lowest BCUT2D eigenvalue weighted by Crippen LogP contribution is -2.61.